The van der Waals surface area contributed by atoms with Crippen LogP contribution in [0.15, 0.2) is 58.3 Å². The van der Waals surface area contributed by atoms with Crippen LogP contribution in [0.1, 0.15) is 59.5 Å². The average molecular weight is 483 g/mol. The molecule has 0 saturated carbocycles. The van der Waals surface area contributed by atoms with Gasteiger partial charge in [0.15, 0.2) is 21.4 Å². The summed E-state index contributed by atoms with van der Waals surface area (Å²) in [5.74, 6) is -2.18. The van der Waals surface area contributed by atoms with Crippen molar-refractivity contribution in [1.82, 2.24) is 5.43 Å². The van der Waals surface area contributed by atoms with Gasteiger partial charge in [0, 0.05) is 22.1 Å². The van der Waals surface area contributed by atoms with E-state index < -0.39 is 38.5 Å². The van der Waals surface area contributed by atoms with Gasteiger partial charge in [-0.2, -0.15) is 5.10 Å². The number of hydrogen-bond acceptors (Lipinski definition) is 6. The lowest BCUT2D eigenvalue weighted by atomic mass is 9.87. The van der Waals surface area contributed by atoms with E-state index in [9.17, 15) is 24.8 Å². The third kappa shape index (κ3) is 5.29. The number of carboxylic acid groups (broad SMARTS) is 1. The van der Waals surface area contributed by atoms with E-state index in [0.717, 1.165) is 17.0 Å². The number of carbonyl (C=O) groups is 2. The molecule has 1 heterocycles. The highest BCUT2D eigenvalue weighted by Gasteiger charge is 2.23. The molecule has 0 fully saturated rings. The molecule has 1 amide bonds. The molecule has 2 aromatic carbocycles. The number of nitrogens with one attached hydrogen (secondary N) is 1. The maximum absolute atomic E-state index is 12.4. The van der Waals surface area contributed by atoms with Crippen molar-refractivity contribution in [3.8, 4) is 10.6 Å². The molecule has 3 rings (SSSR count). The maximum atomic E-state index is 12.4. The minimum atomic E-state index is -1.47. The van der Waals surface area contributed by atoms with Gasteiger partial charge >= 0.3 is 5.97 Å². The van der Waals surface area contributed by atoms with Crippen molar-refractivity contribution in [2.24, 2.45) is 5.10 Å². The van der Waals surface area contributed by atoms with Crippen LogP contribution < -0.4 is 5.43 Å². The molecule has 34 heavy (non-hydrogen) atoms. The summed E-state index contributed by atoms with van der Waals surface area (Å²) in [6, 6.07) is 11.2. The van der Waals surface area contributed by atoms with E-state index in [1.165, 1.54) is 11.6 Å². The summed E-state index contributed by atoms with van der Waals surface area (Å²) in [6.45, 7) is 8.02. The van der Waals surface area contributed by atoms with Crippen molar-refractivity contribution < 1.29 is 24.7 Å². The minimum Gasteiger partial charge on any atom is -0.503 e. The van der Waals surface area contributed by atoms with Crippen LogP contribution in [0, 0.1) is 10.1 Å². The SMILES string of the molecule is CC(=NNC(=O)c1ccc(C(=O)O)c([N+](=O)[O-])c1)c1c[s+](-c2ccc(C(C)(C)C)cc2)cc1O. The molecule has 1 unspecified atom stereocenters. The van der Waals surface area contributed by atoms with Crippen LogP contribution in [-0.2, 0) is 5.41 Å². The zero-order chi connectivity index (χ0) is 25.2. The number of aromatic carboxylic acids is 1. The summed E-state index contributed by atoms with van der Waals surface area (Å²) in [5, 5.41) is 38.2. The van der Waals surface area contributed by atoms with E-state index in [-0.39, 0.29) is 16.7 Å². The van der Waals surface area contributed by atoms with E-state index in [1.807, 2.05) is 17.5 Å². The fraction of sp³-hybridized carbons (Fsp3) is 0.208. The monoisotopic (exact) mass is 482 g/mol. The molecule has 0 bridgehead atoms. The Bertz CT molecular complexity index is 1300. The van der Waals surface area contributed by atoms with E-state index >= 15 is 0 Å². The number of nitro groups is 1. The van der Waals surface area contributed by atoms with Gasteiger partial charge in [-0.25, -0.2) is 10.2 Å². The Morgan fingerprint density at radius 3 is 2.26 bits per heavy atom. The molecular weight excluding hydrogens is 458 g/mol. The summed E-state index contributed by atoms with van der Waals surface area (Å²) < 4.78 is 0. The van der Waals surface area contributed by atoms with Crippen LogP contribution in [0.2, 0.25) is 0 Å². The fourth-order valence-corrected chi connectivity index (χ4v) is 4.89. The summed E-state index contributed by atoms with van der Waals surface area (Å²) in [5.41, 5.74) is 3.01. The van der Waals surface area contributed by atoms with Crippen molar-refractivity contribution in [2.45, 2.75) is 33.1 Å². The number of aromatic hydroxyl groups is 1. The van der Waals surface area contributed by atoms with Gasteiger partial charge in [-0.3, -0.25) is 14.9 Å². The fourth-order valence-electron chi connectivity index (χ4n) is 3.19. The number of rotatable bonds is 6. The Labute approximate surface area is 198 Å². The van der Waals surface area contributed by atoms with Crippen LogP contribution in [-0.4, -0.2) is 32.7 Å². The Morgan fingerprint density at radius 2 is 1.71 bits per heavy atom. The topological polar surface area (TPSA) is 142 Å². The summed E-state index contributed by atoms with van der Waals surface area (Å²) in [4.78, 5) is 34.8. The average Bonchev–Trinajstić information content (AvgIpc) is 3.17. The molecule has 0 aliphatic heterocycles. The highest BCUT2D eigenvalue weighted by Crippen LogP contribution is 2.39. The van der Waals surface area contributed by atoms with Crippen LogP contribution in [0.4, 0.5) is 5.69 Å². The second kappa shape index (κ2) is 9.44. The lowest BCUT2D eigenvalue weighted by Crippen LogP contribution is -2.19. The van der Waals surface area contributed by atoms with Crippen molar-refractivity contribution in [3.05, 3.63) is 85.6 Å². The Kier molecular flexibility index (Phi) is 6.83. The molecule has 0 aliphatic rings. The second-order valence-electron chi connectivity index (χ2n) is 8.61. The number of amides is 1. The highest BCUT2D eigenvalue weighted by molar-refractivity contribution is 7.37. The molecule has 1 aromatic heterocycles. The molecule has 0 aliphatic carbocycles. The molecule has 0 radical (unpaired) electrons. The summed E-state index contributed by atoms with van der Waals surface area (Å²) in [7, 11) is -0.470. The third-order valence-electron chi connectivity index (χ3n) is 5.15. The van der Waals surface area contributed by atoms with Crippen molar-refractivity contribution >= 4 is 33.7 Å². The van der Waals surface area contributed by atoms with E-state index in [4.69, 9.17) is 5.11 Å². The van der Waals surface area contributed by atoms with Gasteiger partial charge in [0.1, 0.15) is 5.56 Å². The number of carboxylic acids is 1. The lowest BCUT2D eigenvalue weighted by molar-refractivity contribution is -0.385. The molecule has 0 spiro atoms. The van der Waals surface area contributed by atoms with Crippen molar-refractivity contribution in [3.63, 3.8) is 0 Å². The van der Waals surface area contributed by atoms with Crippen LogP contribution in [0.5, 0.6) is 5.75 Å². The number of hydrazone groups is 1. The van der Waals surface area contributed by atoms with Crippen molar-refractivity contribution in [1.29, 1.82) is 0 Å². The molecule has 9 nitrogen and oxygen atoms in total. The maximum Gasteiger partial charge on any atom is 0.342 e. The number of carbonyl (C=O) groups excluding carboxylic acids is 1. The number of thiophene rings is 1. The van der Waals surface area contributed by atoms with Gasteiger partial charge in [-0.15, -0.1) is 0 Å². The predicted molar refractivity (Wildman–Crippen MR) is 130 cm³/mol. The molecule has 0 saturated heterocycles. The van der Waals surface area contributed by atoms with Gasteiger partial charge < -0.3 is 10.2 Å². The van der Waals surface area contributed by atoms with Gasteiger partial charge in [-0.1, -0.05) is 32.9 Å². The molecule has 3 N–H and O–H groups in total. The molecule has 176 valence electrons. The standard InChI is InChI=1S/C24H23N3O6S/c1-14(25-26-22(29)15-5-10-18(23(30)31)20(11-15)27(32)33)19-12-34(13-21(19)28)17-8-6-16(7-9-17)24(2,3)4/h5-13H,1-4H3,(H2-,26,28,29,30,31)/p+1. The number of nitrogens with zero attached hydrogens (tertiary/aromatic N) is 2. The first-order valence-corrected chi connectivity index (χ1v) is 11.6. The lowest BCUT2D eigenvalue weighted by Gasteiger charge is -2.18. The number of nitro benzene ring substituents is 1. The summed E-state index contributed by atoms with van der Waals surface area (Å²) >= 11 is 0. The second-order valence-corrected chi connectivity index (χ2v) is 10.3. The quantitative estimate of drug-likeness (QED) is 0.191. The number of benzene rings is 2. The normalized spacial score (nSPS) is 12.4. The van der Waals surface area contributed by atoms with Gasteiger partial charge in [0.05, 0.1) is 16.2 Å². The first kappa shape index (κ1) is 24.6. The zero-order valence-corrected chi connectivity index (χ0v) is 19.8. The Hall–Kier alpha value is -4.05. The highest BCUT2D eigenvalue weighted by atomic mass is 32.2. The smallest absolute Gasteiger partial charge is 0.342 e. The third-order valence-corrected chi connectivity index (χ3v) is 6.94. The molecule has 1 atom stereocenters. The van der Waals surface area contributed by atoms with E-state index in [2.05, 4.69) is 43.4 Å². The van der Waals surface area contributed by atoms with Gasteiger partial charge in [-0.05, 0) is 42.2 Å². The molecule has 3 aromatic rings. The van der Waals surface area contributed by atoms with Crippen molar-refractivity contribution in [2.75, 3.05) is 0 Å². The largest absolute Gasteiger partial charge is 0.503 e. The zero-order valence-electron chi connectivity index (χ0n) is 19.0. The van der Waals surface area contributed by atoms with Crippen LogP contribution >= 0.6 is 10.5 Å². The van der Waals surface area contributed by atoms with Crippen LogP contribution in [0.25, 0.3) is 4.90 Å². The molecule has 10 heteroatoms. The first-order valence-electron chi connectivity index (χ1n) is 10.2. The van der Waals surface area contributed by atoms with E-state index in [0.29, 0.717) is 11.3 Å². The number of hydrogen-bond donors (Lipinski definition) is 3. The molecular formula is C24H24N3O6S+. The Balaban J connectivity index is 1.80. The minimum absolute atomic E-state index is 0.0339. The summed E-state index contributed by atoms with van der Waals surface area (Å²) in [6.07, 6.45) is 0. The van der Waals surface area contributed by atoms with Gasteiger partial charge in [0.2, 0.25) is 0 Å². The van der Waals surface area contributed by atoms with Crippen LogP contribution in [0.3, 0.4) is 0 Å². The predicted octanol–water partition coefficient (Wildman–Crippen LogP) is 5.19. The first-order chi connectivity index (χ1) is 15.9. The Morgan fingerprint density at radius 1 is 1.06 bits per heavy atom. The van der Waals surface area contributed by atoms with E-state index in [1.54, 1.807) is 12.3 Å². The van der Waals surface area contributed by atoms with Gasteiger partial charge in [0.25, 0.3) is 11.6 Å².